The summed E-state index contributed by atoms with van der Waals surface area (Å²) in [4.78, 5) is 16.5. The quantitative estimate of drug-likeness (QED) is 0.281. The molecule has 10 nitrogen and oxygen atoms in total. The minimum atomic E-state index is 0.161. The summed E-state index contributed by atoms with van der Waals surface area (Å²) in [6.07, 6.45) is 0.645. The van der Waals surface area contributed by atoms with E-state index in [4.69, 9.17) is 39.3 Å². The Morgan fingerprint density at radius 2 is 1.85 bits per heavy atom. The third kappa shape index (κ3) is 4.80. The first-order valence-corrected chi connectivity index (χ1v) is 11.3. The van der Waals surface area contributed by atoms with Crippen LogP contribution in [0, 0.1) is 0 Å². The van der Waals surface area contributed by atoms with E-state index in [0.29, 0.717) is 81.0 Å². The number of rotatable bonds is 9. The monoisotopic (exact) mass is 465 g/mol. The molecule has 1 aliphatic rings. The molecule has 0 unspecified atom stereocenters. The molecule has 0 spiro atoms. The van der Waals surface area contributed by atoms with Crippen LogP contribution in [-0.2, 0) is 20.6 Å². The van der Waals surface area contributed by atoms with Crippen molar-refractivity contribution in [1.82, 2.24) is 15.0 Å². The lowest BCUT2D eigenvalue weighted by atomic mass is 10.2. The molecule has 3 N–H and O–H groups in total. The van der Waals surface area contributed by atoms with Crippen molar-refractivity contribution < 1.29 is 23.7 Å². The van der Waals surface area contributed by atoms with Gasteiger partial charge in [-0.3, -0.25) is 0 Å². The molecule has 4 aromatic rings. The SMILES string of the molecule is NCOCCOCCc1ccc2c(n1)oc1c(N3CCOCC3)nc(-c3cccc(O)c3)nc12. The summed E-state index contributed by atoms with van der Waals surface area (Å²) in [6, 6.07) is 10.9. The van der Waals surface area contributed by atoms with E-state index < -0.39 is 0 Å². The van der Waals surface area contributed by atoms with E-state index in [1.807, 2.05) is 18.2 Å². The standard InChI is InChI=1S/C24H27N5O5/c25-15-33-13-12-31-9-6-17-4-5-19-20-21(34-24(19)26-17)23(29-7-10-32-11-8-29)28-22(27-20)16-2-1-3-18(30)14-16/h1-5,14,30H,6-13,15,25H2. The topological polar surface area (TPSA) is 129 Å². The summed E-state index contributed by atoms with van der Waals surface area (Å²) in [6.45, 7) is 4.30. The van der Waals surface area contributed by atoms with Gasteiger partial charge in [0.05, 0.1) is 45.2 Å². The molecule has 3 aromatic heterocycles. The zero-order chi connectivity index (χ0) is 23.3. The van der Waals surface area contributed by atoms with Crippen LogP contribution in [0.3, 0.4) is 0 Å². The number of aromatic hydroxyl groups is 1. The molecule has 10 heteroatoms. The number of hydrogen-bond acceptors (Lipinski definition) is 10. The van der Waals surface area contributed by atoms with Gasteiger partial charge in [0.25, 0.3) is 0 Å². The Kier molecular flexibility index (Phi) is 6.82. The predicted octanol–water partition coefficient (Wildman–Crippen LogP) is 2.47. The van der Waals surface area contributed by atoms with E-state index in [2.05, 4.69) is 4.90 Å². The van der Waals surface area contributed by atoms with Crippen LogP contribution in [0.4, 0.5) is 5.82 Å². The fourth-order valence-electron chi connectivity index (χ4n) is 3.93. The lowest BCUT2D eigenvalue weighted by molar-refractivity contribution is 0.0512. The Morgan fingerprint density at radius 3 is 2.68 bits per heavy atom. The molecule has 4 heterocycles. The van der Waals surface area contributed by atoms with Gasteiger partial charge < -0.3 is 34.4 Å². The maximum absolute atomic E-state index is 9.97. The van der Waals surface area contributed by atoms with Gasteiger partial charge in [0.1, 0.15) is 11.3 Å². The van der Waals surface area contributed by atoms with Crippen molar-refractivity contribution in [3.05, 3.63) is 42.1 Å². The Hall–Kier alpha value is -3.31. The molecule has 1 aliphatic heterocycles. The summed E-state index contributed by atoms with van der Waals surface area (Å²) in [7, 11) is 0. The molecule has 1 fully saturated rings. The molecule has 0 atom stereocenters. The normalized spacial score (nSPS) is 14.3. The van der Waals surface area contributed by atoms with Gasteiger partial charge in [0.2, 0.25) is 5.71 Å². The highest BCUT2D eigenvalue weighted by atomic mass is 16.5. The predicted molar refractivity (Wildman–Crippen MR) is 127 cm³/mol. The summed E-state index contributed by atoms with van der Waals surface area (Å²) in [5, 5.41) is 10.8. The lowest BCUT2D eigenvalue weighted by Crippen LogP contribution is -2.37. The molecule has 0 amide bonds. The van der Waals surface area contributed by atoms with Gasteiger partial charge in [-0.1, -0.05) is 12.1 Å². The summed E-state index contributed by atoms with van der Waals surface area (Å²) in [5.74, 6) is 1.38. The van der Waals surface area contributed by atoms with E-state index in [-0.39, 0.29) is 12.5 Å². The highest BCUT2D eigenvalue weighted by molar-refractivity contribution is 6.05. The summed E-state index contributed by atoms with van der Waals surface area (Å²) < 4.78 is 22.4. The molecule has 0 aliphatic carbocycles. The van der Waals surface area contributed by atoms with Gasteiger partial charge in [-0.2, -0.15) is 0 Å². The largest absolute Gasteiger partial charge is 0.508 e. The second-order valence-electron chi connectivity index (χ2n) is 7.89. The zero-order valence-corrected chi connectivity index (χ0v) is 18.8. The van der Waals surface area contributed by atoms with Crippen molar-refractivity contribution in [1.29, 1.82) is 0 Å². The number of fused-ring (bicyclic) bond motifs is 3. The Morgan fingerprint density at radius 1 is 1.00 bits per heavy atom. The maximum atomic E-state index is 9.97. The minimum absolute atomic E-state index is 0.161. The lowest BCUT2D eigenvalue weighted by Gasteiger charge is -2.27. The van der Waals surface area contributed by atoms with Crippen LogP contribution in [0.1, 0.15) is 5.69 Å². The number of phenolic OH excluding ortho intramolecular Hbond substituents is 1. The maximum Gasteiger partial charge on any atom is 0.229 e. The second-order valence-corrected chi connectivity index (χ2v) is 7.89. The van der Waals surface area contributed by atoms with Gasteiger partial charge in [-0.05, 0) is 24.3 Å². The molecular weight excluding hydrogens is 438 g/mol. The first-order chi connectivity index (χ1) is 16.7. The summed E-state index contributed by atoms with van der Waals surface area (Å²) in [5.41, 5.74) is 8.69. The van der Waals surface area contributed by atoms with Gasteiger partial charge in [0, 0.05) is 30.8 Å². The van der Waals surface area contributed by atoms with Crippen molar-refractivity contribution >= 4 is 28.0 Å². The van der Waals surface area contributed by atoms with Crippen LogP contribution in [0.15, 0.2) is 40.8 Å². The number of nitrogens with two attached hydrogens (primary N) is 1. The Balaban J connectivity index is 1.50. The molecule has 178 valence electrons. The zero-order valence-electron chi connectivity index (χ0n) is 18.8. The van der Waals surface area contributed by atoms with Crippen LogP contribution in [0.5, 0.6) is 5.75 Å². The van der Waals surface area contributed by atoms with Crippen molar-refractivity contribution in [2.45, 2.75) is 6.42 Å². The van der Waals surface area contributed by atoms with Crippen molar-refractivity contribution in [3.8, 4) is 17.1 Å². The van der Waals surface area contributed by atoms with E-state index in [0.717, 1.165) is 16.6 Å². The molecule has 0 bridgehead atoms. The van der Waals surface area contributed by atoms with Crippen LogP contribution >= 0.6 is 0 Å². The van der Waals surface area contributed by atoms with Crippen molar-refractivity contribution in [3.63, 3.8) is 0 Å². The van der Waals surface area contributed by atoms with Gasteiger partial charge >= 0.3 is 0 Å². The third-order valence-electron chi connectivity index (χ3n) is 5.63. The molecule has 0 saturated carbocycles. The van der Waals surface area contributed by atoms with Gasteiger partial charge in [-0.15, -0.1) is 0 Å². The van der Waals surface area contributed by atoms with Crippen LogP contribution in [0.2, 0.25) is 0 Å². The molecule has 0 radical (unpaired) electrons. The van der Waals surface area contributed by atoms with Crippen molar-refractivity contribution in [2.24, 2.45) is 5.73 Å². The fraction of sp³-hybridized carbons (Fsp3) is 0.375. The average molecular weight is 466 g/mol. The number of ether oxygens (including phenoxy) is 3. The molecule has 5 rings (SSSR count). The number of aromatic nitrogens is 3. The smallest absolute Gasteiger partial charge is 0.229 e. The number of pyridine rings is 1. The average Bonchev–Trinajstić information content (AvgIpc) is 3.24. The number of nitrogens with zero attached hydrogens (tertiary/aromatic N) is 4. The van der Waals surface area contributed by atoms with E-state index in [1.165, 1.54) is 0 Å². The van der Waals surface area contributed by atoms with E-state index in [1.54, 1.807) is 18.2 Å². The first-order valence-electron chi connectivity index (χ1n) is 11.3. The molecule has 34 heavy (non-hydrogen) atoms. The number of morpholine rings is 1. The number of phenols is 1. The number of furan rings is 1. The van der Waals surface area contributed by atoms with Crippen molar-refractivity contribution in [2.75, 3.05) is 57.8 Å². The molecular formula is C24H27N5O5. The fourth-order valence-corrected chi connectivity index (χ4v) is 3.93. The van der Waals surface area contributed by atoms with Crippen LogP contribution < -0.4 is 10.6 Å². The Bertz CT molecular complexity index is 1270. The van der Waals surface area contributed by atoms with Crippen LogP contribution in [0.25, 0.3) is 33.6 Å². The van der Waals surface area contributed by atoms with Gasteiger partial charge in [-0.25, -0.2) is 15.0 Å². The molecule has 1 aromatic carbocycles. The van der Waals surface area contributed by atoms with Crippen LogP contribution in [-0.4, -0.2) is 72.9 Å². The highest BCUT2D eigenvalue weighted by Crippen LogP contribution is 2.35. The number of hydrogen-bond donors (Lipinski definition) is 2. The molecule has 1 saturated heterocycles. The summed E-state index contributed by atoms with van der Waals surface area (Å²) >= 11 is 0. The van der Waals surface area contributed by atoms with Gasteiger partial charge in [0.15, 0.2) is 17.2 Å². The van der Waals surface area contributed by atoms with E-state index in [9.17, 15) is 5.11 Å². The highest BCUT2D eigenvalue weighted by Gasteiger charge is 2.23. The first kappa shape index (κ1) is 22.5. The third-order valence-corrected chi connectivity index (χ3v) is 5.63. The van der Waals surface area contributed by atoms with E-state index >= 15 is 0 Å². The Labute approximate surface area is 196 Å². The number of benzene rings is 1. The minimum Gasteiger partial charge on any atom is -0.508 e. The second kappa shape index (κ2) is 10.3. The number of anilines is 1.